The third-order valence-corrected chi connectivity index (χ3v) is 5.69. The Labute approximate surface area is 119 Å². The fourth-order valence-electron chi connectivity index (χ4n) is 2.90. The van der Waals surface area contributed by atoms with Crippen LogP contribution >= 0.6 is 0 Å². The number of amides is 1. The maximum absolute atomic E-state index is 12.5. The Morgan fingerprint density at radius 2 is 2.00 bits per heavy atom. The highest BCUT2D eigenvalue weighted by atomic mass is 32.2. The van der Waals surface area contributed by atoms with Crippen molar-refractivity contribution in [3.8, 4) is 0 Å². The lowest BCUT2D eigenvalue weighted by atomic mass is 9.98. The predicted octanol–water partition coefficient (Wildman–Crippen LogP) is 0.365. The summed E-state index contributed by atoms with van der Waals surface area (Å²) in [6.45, 7) is 2.53. The molecule has 0 spiro atoms. The predicted molar refractivity (Wildman–Crippen MR) is 72.7 cm³/mol. The summed E-state index contributed by atoms with van der Waals surface area (Å²) in [5, 5.41) is 0. The van der Waals surface area contributed by atoms with E-state index in [2.05, 4.69) is 0 Å². The largest absolute Gasteiger partial charge is 0.464 e. The van der Waals surface area contributed by atoms with Gasteiger partial charge in [0.25, 0.3) is 0 Å². The van der Waals surface area contributed by atoms with Gasteiger partial charge in [0.05, 0.1) is 24.0 Å². The minimum Gasteiger partial charge on any atom is -0.464 e. The van der Waals surface area contributed by atoms with Crippen LogP contribution in [0.1, 0.15) is 32.6 Å². The highest BCUT2D eigenvalue weighted by molar-refractivity contribution is 7.91. The van der Waals surface area contributed by atoms with Crippen molar-refractivity contribution >= 4 is 21.7 Å². The van der Waals surface area contributed by atoms with Crippen molar-refractivity contribution < 1.29 is 22.7 Å². The number of piperidine rings is 1. The summed E-state index contributed by atoms with van der Waals surface area (Å²) in [6, 6.07) is -0.542. The smallest absolute Gasteiger partial charge is 0.328 e. The molecule has 2 aliphatic heterocycles. The zero-order valence-electron chi connectivity index (χ0n) is 11.7. The highest BCUT2D eigenvalue weighted by Gasteiger charge is 2.40. The first kappa shape index (κ1) is 15.3. The molecule has 0 bridgehead atoms. The van der Waals surface area contributed by atoms with Gasteiger partial charge in [-0.2, -0.15) is 0 Å². The molecule has 2 heterocycles. The lowest BCUT2D eigenvalue weighted by Crippen LogP contribution is -2.50. The number of likely N-dealkylation sites (tertiary alicyclic amines) is 1. The number of rotatable bonds is 3. The SMILES string of the molecule is CCOC(=O)C1CCCCN1C(=O)C1CCS(=O)(=O)C1. The lowest BCUT2D eigenvalue weighted by Gasteiger charge is -2.35. The minimum atomic E-state index is -3.09. The van der Waals surface area contributed by atoms with Gasteiger partial charge in [0.1, 0.15) is 6.04 Å². The summed E-state index contributed by atoms with van der Waals surface area (Å²) in [5.41, 5.74) is 0. The zero-order valence-corrected chi connectivity index (χ0v) is 12.5. The van der Waals surface area contributed by atoms with Gasteiger partial charge in [0, 0.05) is 6.54 Å². The standard InChI is InChI=1S/C13H21NO5S/c1-2-19-13(16)11-5-3-4-7-14(11)12(15)10-6-8-20(17,18)9-10/h10-11H,2-9H2,1H3. The van der Waals surface area contributed by atoms with E-state index >= 15 is 0 Å². The van der Waals surface area contributed by atoms with Crippen molar-refractivity contribution in [2.45, 2.75) is 38.6 Å². The molecule has 0 saturated carbocycles. The van der Waals surface area contributed by atoms with Crippen molar-refractivity contribution in [2.24, 2.45) is 5.92 Å². The van der Waals surface area contributed by atoms with E-state index < -0.39 is 21.8 Å². The summed E-state index contributed by atoms with van der Waals surface area (Å²) < 4.78 is 28.0. The molecular weight excluding hydrogens is 282 g/mol. The summed E-state index contributed by atoms with van der Waals surface area (Å²) in [5.74, 6) is -1.08. The van der Waals surface area contributed by atoms with E-state index in [1.807, 2.05) is 0 Å². The Balaban J connectivity index is 2.08. The molecule has 0 aromatic rings. The molecule has 0 aliphatic carbocycles. The maximum atomic E-state index is 12.5. The Morgan fingerprint density at radius 1 is 1.25 bits per heavy atom. The Hall–Kier alpha value is -1.11. The zero-order chi connectivity index (χ0) is 14.8. The molecule has 0 radical (unpaired) electrons. The number of nitrogens with zero attached hydrogens (tertiary/aromatic N) is 1. The number of hydrogen-bond donors (Lipinski definition) is 0. The second kappa shape index (κ2) is 6.11. The van der Waals surface area contributed by atoms with Gasteiger partial charge in [-0.3, -0.25) is 4.79 Å². The molecule has 0 N–H and O–H groups in total. The van der Waals surface area contributed by atoms with Gasteiger partial charge in [-0.05, 0) is 32.6 Å². The van der Waals surface area contributed by atoms with Crippen LogP contribution in [0.3, 0.4) is 0 Å². The van der Waals surface area contributed by atoms with E-state index in [0.29, 0.717) is 19.4 Å². The molecule has 2 rings (SSSR count). The van der Waals surface area contributed by atoms with Crippen LogP contribution in [-0.4, -0.2) is 55.9 Å². The number of carbonyl (C=O) groups is 2. The number of hydrogen-bond acceptors (Lipinski definition) is 5. The van der Waals surface area contributed by atoms with Crippen LogP contribution in [0.15, 0.2) is 0 Å². The molecule has 114 valence electrons. The summed E-state index contributed by atoms with van der Waals surface area (Å²) in [4.78, 5) is 25.9. The first-order chi connectivity index (χ1) is 9.44. The minimum absolute atomic E-state index is 0.0708. The van der Waals surface area contributed by atoms with E-state index in [9.17, 15) is 18.0 Å². The molecule has 2 fully saturated rings. The van der Waals surface area contributed by atoms with Gasteiger partial charge in [0.2, 0.25) is 5.91 Å². The van der Waals surface area contributed by atoms with Gasteiger partial charge < -0.3 is 9.64 Å². The third kappa shape index (κ3) is 3.31. The third-order valence-electron chi connectivity index (χ3n) is 3.93. The molecule has 20 heavy (non-hydrogen) atoms. The van der Waals surface area contributed by atoms with Crippen LogP contribution in [-0.2, 0) is 24.2 Å². The lowest BCUT2D eigenvalue weighted by molar-refractivity contribution is -0.157. The molecule has 0 aromatic heterocycles. The van der Waals surface area contributed by atoms with Gasteiger partial charge in [-0.15, -0.1) is 0 Å². The Morgan fingerprint density at radius 3 is 2.60 bits per heavy atom. The van der Waals surface area contributed by atoms with Crippen LogP contribution in [0, 0.1) is 5.92 Å². The normalized spacial score (nSPS) is 29.1. The summed E-state index contributed by atoms with van der Waals surface area (Å²) in [6.07, 6.45) is 2.70. The molecule has 2 saturated heterocycles. The number of esters is 1. The number of carbonyl (C=O) groups excluding carboxylic acids is 2. The highest BCUT2D eigenvalue weighted by Crippen LogP contribution is 2.26. The average Bonchev–Trinajstić information content (AvgIpc) is 2.78. The van der Waals surface area contributed by atoms with E-state index in [-0.39, 0.29) is 30.0 Å². The van der Waals surface area contributed by atoms with E-state index in [0.717, 1.165) is 12.8 Å². The van der Waals surface area contributed by atoms with Crippen molar-refractivity contribution in [1.29, 1.82) is 0 Å². The van der Waals surface area contributed by atoms with Crippen LogP contribution in [0.5, 0.6) is 0 Å². The Kier molecular flexibility index (Phi) is 4.67. The molecule has 2 aliphatic rings. The average molecular weight is 303 g/mol. The van der Waals surface area contributed by atoms with E-state index in [1.165, 1.54) is 4.90 Å². The maximum Gasteiger partial charge on any atom is 0.328 e. The number of ether oxygens (including phenoxy) is 1. The molecule has 2 unspecified atom stereocenters. The number of sulfone groups is 1. The van der Waals surface area contributed by atoms with Crippen LogP contribution in [0.2, 0.25) is 0 Å². The van der Waals surface area contributed by atoms with Gasteiger partial charge in [0.15, 0.2) is 9.84 Å². The van der Waals surface area contributed by atoms with Gasteiger partial charge >= 0.3 is 5.97 Å². The van der Waals surface area contributed by atoms with Gasteiger partial charge in [-0.1, -0.05) is 0 Å². The summed E-state index contributed by atoms with van der Waals surface area (Å²) >= 11 is 0. The van der Waals surface area contributed by atoms with Crippen molar-refractivity contribution in [1.82, 2.24) is 4.90 Å². The first-order valence-corrected chi connectivity index (χ1v) is 8.94. The van der Waals surface area contributed by atoms with Crippen molar-refractivity contribution in [3.63, 3.8) is 0 Å². The second-order valence-corrected chi connectivity index (χ2v) is 7.62. The molecular formula is C13H21NO5S. The Bertz CT molecular complexity index is 487. The van der Waals surface area contributed by atoms with Crippen molar-refractivity contribution in [2.75, 3.05) is 24.7 Å². The molecule has 7 heteroatoms. The van der Waals surface area contributed by atoms with Crippen LogP contribution in [0.25, 0.3) is 0 Å². The van der Waals surface area contributed by atoms with E-state index in [1.54, 1.807) is 6.92 Å². The fraction of sp³-hybridized carbons (Fsp3) is 0.846. The van der Waals surface area contributed by atoms with E-state index in [4.69, 9.17) is 4.74 Å². The molecule has 6 nitrogen and oxygen atoms in total. The molecule has 2 atom stereocenters. The summed E-state index contributed by atoms with van der Waals surface area (Å²) in [7, 11) is -3.09. The van der Waals surface area contributed by atoms with Crippen LogP contribution in [0.4, 0.5) is 0 Å². The first-order valence-electron chi connectivity index (χ1n) is 7.12. The fourth-order valence-corrected chi connectivity index (χ4v) is 4.64. The van der Waals surface area contributed by atoms with Crippen LogP contribution < -0.4 is 0 Å². The monoisotopic (exact) mass is 303 g/mol. The second-order valence-electron chi connectivity index (χ2n) is 5.40. The van der Waals surface area contributed by atoms with Crippen molar-refractivity contribution in [3.05, 3.63) is 0 Å². The van der Waals surface area contributed by atoms with Gasteiger partial charge in [-0.25, -0.2) is 13.2 Å². The molecule has 1 amide bonds. The molecule has 0 aromatic carbocycles. The topological polar surface area (TPSA) is 80.8 Å². The quantitative estimate of drug-likeness (QED) is 0.703.